The van der Waals surface area contributed by atoms with E-state index >= 15 is 4.39 Å². The summed E-state index contributed by atoms with van der Waals surface area (Å²) < 4.78 is 102. The van der Waals surface area contributed by atoms with E-state index in [0.717, 1.165) is 12.1 Å². The van der Waals surface area contributed by atoms with Crippen LogP contribution >= 0.6 is 0 Å². The van der Waals surface area contributed by atoms with Crippen LogP contribution in [-0.4, -0.2) is 38.2 Å². The Labute approximate surface area is 215 Å². The van der Waals surface area contributed by atoms with Crippen molar-refractivity contribution in [2.24, 2.45) is 17.3 Å². The van der Waals surface area contributed by atoms with E-state index in [1.807, 2.05) is 6.07 Å². The summed E-state index contributed by atoms with van der Waals surface area (Å²) in [5.41, 5.74) is -2.68. The minimum atomic E-state index is -5.06. The quantitative estimate of drug-likeness (QED) is 0.485. The van der Waals surface area contributed by atoms with Crippen molar-refractivity contribution < 1.29 is 39.9 Å². The molecule has 2 aliphatic carbocycles. The van der Waals surface area contributed by atoms with Crippen LogP contribution in [0.1, 0.15) is 31.2 Å². The van der Waals surface area contributed by atoms with Crippen molar-refractivity contribution >= 4 is 15.8 Å². The molecule has 1 aliphatic heterocycles. The number of hydrogen-bond acceptors (Lipinski definition) is 5. The van der Waals surface area contributed by atoms with Crippen molar-refractivity contribution in [3.05, 3.63) is 59.4 Å². The molecule has 1 unspecified atom stereocenters. The molecule has 1 spiro atoms. The van der Waals surface area contributed by atoms with Crippen molar-refractivity contribution in [2.75, 3.05) is 6.61 Å². The van der Waals surface area contributed by atoms with Crippen LogP contribution < -0.4 is 4.72 Å². The van der Waals surface area contributed by atoms with Gasteiger partial charge in [-0.3, -0.25) is 4.79 Å². The maximum Gasteiger partial charge on any atom is 0.350 e. The molecule has 0 aromatic heterocycles. The number of Topliss-reactive ketones (excluding diaryl/α,β-unsaturated/α-hetero) is 1. The van der Waals surface area contributed by atoms with Gasteiger partial charge in [-0.2, -0.15) is 14.0 Å². The fourth-order valence-electron chi connectivity index (χ4n) is 5.93. The standard InChI is InChI=1S/C26H23F5N2O4S/c27-16-8-15(9-17(28)11-16)18-3-1-2-14(21(18)29)10-19-20(23(34)26(13-32)6-7-37-26)12-25(4-5-25)22(19)33-38(35,36)24(30)31/h1-3,8-9,11,19-20,22,24,33H,4-7,10,12H2/t19-,20?,22-,26+/m1/s1. The van der Waals surface area contributed by atoms with Crippen molar-refractivity contribution in [3.63, 3.8) is 0 Å². The van der Waals surface area contributed by atoms with Gasteiger partial charge in [0.25, 0.3) is 10.0 Å². The molecular weight excluding hydrogens is 531 g/mol. The third-order valence-electron chi connectivity index (χ3n) is 8.08. The van der Waals surface area contributed by atoms with Gasteiger partial charge in [0.05, 0.1) is 6.61 Å². The molecule has 202 valence electrons. The monoisotopic (exact) mass is 554 g/mol. The predicted octanol–water partition coefficient (Wildman–Crippen LogP) is 4.49. The topological polar surface area (TPSA) is 96.3 Å². The largest absolute Gasteiger partial charge is 0.353 e. The number of rotatable bonds is 8. The van der Waals surface area contributed by atoms with Crippen LogP contribution in [-0.2, 0) is 26.0 Å². The van der Waals surface area contributed by atoms with Gasteiger partial charge in [0, 0.05) is 30.0 Å². The molecule has 0 amide bonds. The Morgan fingerprint density at radius 2 is 1.79 bits per heavy atom. The summed E-state index contributed by atoms with van der Waals surface area (Å²) in [5.74, 6) is -8.89. The van der Waals surface area contributed by atoms with Gasteiger partial charge in [-0.25, -0.2) is 26.3 Å². The lowest BCUT2D eigenvalue weighted by Gasteiger charge is -2.37. The summed E-state index contributed by atoms with van der Waals surface area (Å²) in [5, 5.41) is 9.64. The highest BCUT2D eigenvalue weighted by atomic mass is 32.2. The van der Waals surface area contributed by atoms with Crippen LogP contribution in [0.3, 0.4) is 0 Å². The van der Waals surface area contributed by atoms with Gasteiger partial charge >= 0.3 is 5.76 Å². The van der Waals surface area contributed by atoms with Crippen LogP contribution in [0.4, 0.5) is 22.0 Å². The van der Waals surface area contributed by atoms with E-state index in [2.05, 4.69) is 4.72 Å². The van der Waals surface area contributed by atoms with E-state index in [4.69, 9.17) is 4.74 Å². The van der Waals surface area contributed by atoms with Crippen LogP contribution in [0.15, 0.2) is 36.4 Å². The number of carbonyl (C=O) groups is 1. The number of benzene rings is 2. The van der Waals surface area contributed by atoms with Crippen LogP contribution in [0, 0.1) is 46.0 Å². The number of alkyl halides is 2. The van der Waals surface area contributed by atoms with Gasteiger partial charge in [0.2, 0.25) is 5.60 Å². The zero-order valence-corrected chi connectivity index (χ0v) is 20.7. The summed E-state index contributed by atoms with van der Waals surface area (Å²) in [7, 11) is -5.06. The Balaban J connectivity index is 1.55. The Morgan fingerprint density at radius 1 is 1.13 bits per heavy atom. The summed E-state index contributed by atoms with van der Waals surface area (Å²) >= 11 is 0. The van der Waals surface area contributed by atoms with E-state index < -0.39 is 67.9 Å². The van der Waals surface area contributed by atoms with Gasteiger partial charge in [0.15, 0.2) is 5.78 Å². The highest BCUT2D eigenvalue weighted by molar-refractivity contribution is 7.89. The molecule has 1 N–H and O–H groups in total. The number of nitrogens with zero attached hydrogens (tertiary/aromatic N) is 1. The molecule has 2 aromatic rings. The summed E-state index contributed by atoms with van der Waals surface area (Å²) in [6, 6.07) is 7.46. The predicted molar refractivity (Wildman–Crippen MR) is 124 cm³/mol. The molecule has 5 rings (SSSR count). The average Bonchev–Trinajstić information content (AvgIpc) is 3.54. The van der Waals surface area contributed by atoms with Gasteiger partial charge in [-0.1, -0.05) is 18.2 Å². The SMILES string of the molecule is N#C[C@]1(C(=O)C2CC3(CC3)[C@H](NS(=O)(=O)C(F)F)[C@@H]2Cc2cccc(-c3cc(F)cc(F)c3)c2F)CCO1. The van der Waals surface area contributed by atoms with E-state index in [1.54, 1.807) is 0 Å². The van der Waals surface area contributed by atoms with Gasteiger partial charge in [0.1, 0.15) is 23.5 Å². The molecule has 0 radical (unpaired) electrons. The van der Waals surface area contributed by atoms with Crippen molar-refractivity contribution in [1.82, 2.24) is 4.72 Å². The zero-order valence-electron chi connectivity index (χ0n) is 19.9. The lowest BCUT2D eigenvalue weighted by molar-refractivity contribution is -0.163. The number of hydrogen-bond donors (Lipinski definition) is 1. The molecule has 0 bridgehead atoms. The highest BCUT2D eigenvalue weighted by Crippen LogP contribution is 2.63. The normalized spacial score (nSPS) is 27.8. The molecule has 12 heteroatoms. The number of sulfonamides is 1. The van der Waals surface area contributed by atoms with E-state index in [0.29, 0.717) is 18.9 Å². The Morgan fingerprint density at radius 3 is 2.32 bits per heavy atom. The number of halogens is 5. The molecule has 38 heavy (non-hydrogen) atoms. The molecule has 4 atom stereocenters. The third kappa shape index (κ3) is 4.50. The lowest BCUT2D eigenvalue weighted by atomic mass is 9.77. The maximum absolute atomic E-state index is 15.7. The minimum Gasteiger partial charge on any atom is -0.353 e. The van der Waals surface area contributed by atoms with E-state index in [1.165, 1.54) is 18.2 Å². The molecule has 1 saturated heterocycles. The van der Waals surface area contributed by atoms with Crippen molar-refractivity contribution in [2.45, 2.75) is 49.5 Å². The molecule has 3 aliphatic rings. The molecular formula is C26H23F5N2O4S. The third-order valence-corrected chi connectivity index (χ3v) is 9.13. The Hall–Kier alpha value is -2.88. The number of carbonyl (C=O) groups excluding carboxylic acids is 1. The first-order valence-electron chi connectivity index (χ1n) is 12.0. The fourth-order valence-corrected chi connectivity index (χ4v) is 6.82. The molecule has 6 nitrogen and oxygen atoms in total. The second kappa shape index (κ2) is 9.39. The second-order valence-corrected chi connectivity index (χ2v) is 12.0. The van der Waals surface area contributed by atoms with E-state index in [9.17, 15) is 36.0 Å². The second-order valence-electron chi connectivity index (χ2n) is 10.3. The highest BCUT2D eigenvalue weighted by Gasteiger charge is 2.65. The Bertz CT molecular complexity index is 1410. The van der Waals surface area contributed by atoms with E-state index in [-0.39, 0.29) is 42.6 Å². The van der Waals surface area contributed by atoms with Gasteiger partial charge < -0.3 is 4.74 Å². The summed E-state index contributed by atoms with van der Waals surface area (Å²) in [6.45, 7) is 0.185. The maximum atomic E-state index is 15.7. The summed E-state index contributed by atoms with van der Waals surface area (Å²) in [6.07, 6.45) is 0.967. The molecule has 2 aromatic carbocycles. The smallest absolute Gasteiger partial charge is 0.350 e. The molecule has 3 fully saturated rings. The number of ketones is 1. The van der Waals surface area contributed by atoms with Crippen LogP contribution in [0.5, 0.6) is 0 Å². The van der Waals surface area contributed by atoms with Crippen LogP contribution in [0.25, 0.3) is 11.1 Å². The first-order chi connectivity index (χ1) is 17.9. The molecule has 2 saturated carbocycles. The number of nitrogens with one attached hydrogen (secondary N) is 1. The number of ether oxygens (including phenoxy) is 1. The molecule has 1 heterocycles. The Kier molecular flexibility index (Phi) is 6.60. The fraction of sp³-hybridized carbons (Fsp3) is 0.462. The lowest BCUT2D eigenvalue weighted by Crippen LogP contribution is -2.54. The van der Waals surface area contributed by atoms with Crippen molar-refractivity contribution in [1.29, 1.82) is 5.26 Å². The van der Waals surface area contributed by atoms with Crippen LogP contribution in [0.2, 0.25) is 0 Å². The summed E-state index contributed by atoms with van der Waals surface area (Å²) in [4.78, 5) is 13.5. The average molecular weight is 555 g/mol. The minimum absolute atomic E-state index is 0.00875. The first kappa shape index (κ1) is 26.7. The first-order valence-corrected chi connectivity index (χ1v) is 13.6. The zero-order chi connectivity index (χ0) is 27.5. The van der Waals surface area contributed by atoms with Gasteiger partial charge in [-0.05, 0) is 60.3 Å². The number of nitriles is 1. The van der Waals surface area contributed by atoms with Crippen molar-refractivity contribution in [3.8, 4) is 17.2 Å². The van der Waals surface area contributed by atoms with Gasteiger partial charge in [-0.15, -0.1) is 0 Å².